The summed E-state index contributed by atoms with van der Waals surface area (Å²) in [7, 11) is 1.35. The quantitative estimate of drug-likeness (QED) is 0.848. The molecule has 1 N–H and O–H groups in total. The molecule has 0 aliphatic carbocycles. The number of carbonyl (C=O) groups excluding carboxylic acids is 1. The van der Waals surface area contributed by atoms with Crippen molar-refractivity contribution in [1.82, 2.24) is 5.32 Å². The molecule has 1 aliphatic heterocycles. The van der Waals surface area contributed by atoms with E-state index in [1.54, 1.807) is 18.2 Å². The molecule has 1 aromatic rings. The predicted octanol–water partition coefficient (Wildman–Crippen LogP) is 2.98. The van der Waals surface area contributed by atoms with Gasteiger partial charge in [-0.2, -0.15) is 0 Å². The van der Waals surface area contributed by atoms with Crippen molar-refractivity contribution < 1.29 is 14.3 Å². The number of halogens is 2. The van der Waals surface area contributed by atoms with Gasteiger partial charge in [0.15, 0.2) is 0 Å². The summed E-state index contributed by atoms with van der Waals surface area (Å²) in [6.45, 7) is 1.34. The Balaban J connectivity index is 2.14. The highest BCUT2D eigenvalue weighted by Gasteiger charge is 2.26. The van der Waals surface area contributed by atoms with Crippen molar-refractivity contribution in [2.75, 3.05) is 20.3 Å². The average molecular weight is 318 g/mol. The standard InChI is InChI=1S/C14H17Cl2NO3/c1-19-14(18)13(17-8-9-4-3-7-20-9)10-5-2-6-11(15)12(10)16/h2,5-6,9,13,17H,3-4,7-8H2,1H3. The van der Waals surface area contributed by atoms with Crippen LogP contribution >= 0.6 is 23.2 Å². The first-order valence-corrected chi connectivity index (χ1v) is 7.25. The Labute approximate surface area is 128 Å². The van der Waals surface area contributed by atoms with Crippen LogP contribution in [-0.2, 0) is 14.3 Å². The van der Waals surface area contributed by atoms with Gasteiger partial charge in [0.05, 0.1) is 23.3 Å². The third-order valence-electron chi connectivity index (χ3n) is 3.30. The first kappa shape index (κ1) is 15.6. The molecule has 0 spiro atoms. The summed E-state index contributed by atoms with van der Waals surface area (Å²) in [4.78, 5) is 12.0. The smallest absolute Gasteiger partial charge is 0.327 e. The minimum absolute atomic E-state index is 0.125. The van der Waals surface area contributed by atoms with Crippen LogP contribution in [0.1, 0.15) is 24.4 Å². The SMILES string of the molecule is COC(=O)C(NCC1CCCO1)c1cccc(Cl)c1Cl. The average Bonchev–Trinajstić information content (AvgIpc) is 2.96. The maximum absolute atomic E-state index is 12.0. The fourth-order valence-electron chi connectivity index (χ4n) is 2.24. The van der Waals surface area contributed by atoms with E-state index in [2.05, 4.69) is 5.32 Å². The normalized spacial score (nSPS) is 19.9. The first-order valence-electron chi connectivity index (χ1n) is 6.50. The Morgan fingerprint density at radius 3 is 3.00 bits per heavy atom. The zero-order chi connectivity index (χ0) is 14.5. The minimum atomic E-state index is -0.643. The summed E-state index contributed by atoms with van der Waals surface area (Å²) >= 11 is 12.2. The molecule has 2 rings (SSSR count). The van der Waals surface area contributed by atoms with E-state index in [9.17, 15) is 4.79 Å². The Morgan fingerprint density at radius 2 is 2.35 bits per heavy atom. The van der Waals surface area contributed by atoms with Gasteiger partial charge < -0.3 is 9.47 Å². The van der Waals surface area contributed by atoms with Crippen molar-refractivity contribution in [3.63, 3.8) is 0 Å². The predicted molar refractivity (Wildman–Crippen MR) is 78.2 cm³/mol. The largest absolute Gasteiger partial charge is 0.468 e. The van der Waals surface area contributed by atoms with Gasteiger partial charge in [-0.1, -0.05) is 35.3 Å². The lowest BCUT2D eigenvalue weighted by molar-refractivity contribution is -0.143. The fraction of sp³-hybridized carbons (Fsp3) is 0.500. The van der Waals surface area contributed by atoms with Crippen LogP contribution in [0.4, 0.5) is 0 Å². The van der Waals surface area contributed by atoms with Crippen molar-refractivity contribution in [1.29, 1.82) is 0 Å². The van der Waals surface area contributed by atoms with E-state index in [1.807, 2.05) is 0 Å². The molecule has 2 unspecified atom stereocenters. The molecule has 0 bridgehead atoms. The summed E-state index contributed by atoms with van der Waals surface area (Å²) in [5.74, 6) is -0.396. The zero-order valence-electron chi connectivity index (χ0n) is 11.2. The molecule has 0 saturated carbocycles. The van der Waals surface area contributed by atoms with Gasteiger partial charge in [0.2, 0.25) is 0 Å². The maximum atomic E-state index is 12.0. The second kappa shape index (κ2) is 7.27. The third kappa shape index (κ3) is 3.64. The van der Waals surface area contributed by atoms with Crippen molar-refractivity contribution in [2.24, 2.45) is 0 Å². The van der Waals surface area contributed by atoms with Gasteiger partial charge in [0, 0.05) is 18.7 Å². The van der Waals surface area contributed by atoms with Crippen LogP contribution in [-0.4, -0.2) is 32.3 Å². The molecule has 1 aliphatic rings. The van der Waals surface area contributed by atoms with Crippen LogP contribution in [0.25, 0.3) is 0 Å². The number of methoxy groups -OCH3 is 1. The molecular weight excluding hydrogens is 301 g/mol. The van der Waals surface area contributed by atoms with Crippen LogP contribution < -0.4 is 5.32 Å². The van der Waals surface area contributed by atoms with Gasteiger partial charge in [-0.25, -0.2) is 4.79 Å². The summed E-state index contributed by atoms with van der Waals surface area (Å²) in [6.07, 6.45) is 2.16. The van der Waals surface area contributed by atoms with Crippen molar-refractivity contribution in [3.05, 3.63) is 33.8 Å². The molecule has 110 valence electrons. The van der Waals surface area contributed by atoms with Gasteiger partial charge in [0.25, 0.3) is 0 Å². The number of esters is 1. The molecule has 6 heteroatoms. The van der Waals surface area contributed by atoms with Gasteiger partial charge >= 0.3 is 5.97 Å². The number of rotatable bonds is 5. The van der Waals surface area contributed by atoms with Crippen molar-refractivity contribution in [3.8, 4) is 0 Å². The lowest BCUT2D eigenvalue weighted by atomic mass is 10.1. The molecule has 4 nitrogen and oxygen atoms in total. The second-order valence-corrected chi connectivity index (χ2v) is 5.43. The molecule has 20 heavy (non-hydrogen) atoms. The summed E-state index contributed by atoms with van der Waals surface area (Å²) in [5.41, 5.74) is 0.615. The number of benzene rings is 1. The lowest BCUT2D eigenvalue weighted by Crippen LogP contribution is -2.35. The number of nitrogens with one attached hydrogen (secondary N) is 1. The highest BCUT2D eigenvalue weighted by Crippen LogP contribution is 2.30. The molecule has 0 aromatic heterocycles. The van der Waals surface area contributed by atoms with Gasteiger partial charge in [-0.05, 0) is 18.9 Å². The molecule has 0 radical (unpaired) electrons. The molecule has 1 aromatic carbocycles. The monoisotopic (exact) mass is 317 g/mol. The van der Waals surface area contributed by atoms with Gasteiger partial charge in [-0.3, -0.25) is 5.32 Å². The van der Waals surface area contributed by atoms with Gasteiger partial charge in [-0.15, -0.1) is 0 Å². The maximum Gasteiger partial charge on any atom is 0.327 e. The summed E-state index contributed by atoms with van der Waals surface area (Å²) in [6, 6.07) is 4.56. The zero-order valence-corrected chi connectivity index (χ0v) is 12.7. The summed E-state index contributed by atoms with van der Waals surface area (Å²) in [5, 5.41) is 3.93. The molecule has 1 fully saturated rings. The van der Waals surface area contributed by atoms with E-state index in [-0.39, 0.29) is 6.10 Å². The Morgan fingerprint density at radius 1 is 1.55 bits per heavy atom. The van der Waals surface area contributed by atoms with Gasteiger partial charge in [0.1, 0.15) is 6.04 Å². The van der Waals surface area contributed by atoms with Crippen LogP contribution in [0.15, 0.2) is 18.2 Å². The molecule has 2 atom stereocenters. The van der Waals surface area contributed by atoms with Crippen LogP contribution in [0.3, 0.4) is 0 Å². The topological polar surface area (TPSA) is 47.6 Å². The van der Waals surface area contributed by atoms with Crippen LogP contribution in [0, 0.1) is 0 Å². The fourth-order valence-corrected chi connectivity index (χ4v) is 2.65. The molecule has 0 amide bonds. The second-order valence-electron chi connectivity index (χ2n) is 4.64. The van der Waals surface area contributed by atoms with Crippen molar-refractivity contribution in [2.45, 2.75) is 25.0 Å². The highest BCUT2D eigenvalue weighted by atomic mass is 35.5. The minimum Gasteiger partial charge on any atom is -0.468 e. The number of carbonyl (C=O) groups is 1. The number of hydrogen-bond acceptors (Lipinski definition) is 4. The van der Waals surface area contributed by atoms with Crippen LogP contribution in [0.5, 0.6) is 0 Å². The van der Waals surface area contributed by atoms with E-state index in [1.165, 1.54) is 7.11 Å². The Bertz CT molecular complexity index is 475. The van der Waals surface area contributed by atoms with E-state index < -0.39 is 12.0 Å². The van der Waals surface area contributed by atoms with E-state index in [4.69, 9.17) is 32.7 Å². The molecule has 1 saturated heterocycles. The molecule has 1 heterocycles. The Hall–Kier alpha value is -0.810. The van der Waals surface area contributed by atoms with Crippen LogP contribution in [0.2, 0.25) is 10.0 Å². The summed E-state index contributed by atoms with van der Waals surface area (Å²) < 4.78 is 10.4. The highest BCUT2D eigenvalue weighted by molar-refractivity contribution is 6.42. The first-order chi connectivity index (χ1) is 9.63. The Kier molecular flexibility index (Phi) is 5.66. The number of ether oxygens (including phenoxy) is 2. The number of hydrogen-bond donors (Lipinski definition) is 1. The van der Waals surface area contributed by atoms with Crippen molar-refractivity contribution >= 4 is 29.2 Å². The van der Waals surface area contributed by atoms with E-state index in [0.717, 1.165) is 19.4 Å². The third-order valence-corrected chi connectivity index (χ3v) is 4.14. The van der Waals surface area contributed by atoms with E-state index in [0.29, 0.717) is 22.2 Å². The van der Waals surface area contributed by atoms with E-state index >= 15 is 0 Å². The lowest BCUT2D eigenvalue weighted by Gasteiger charge is -2.20. The molecular formula is C14H17Cl2NO3.